The highest BCUT2D eigenvalue weighted by Gasteiger charge is 2.17. The monoisotopic (exact) mass is 352 g/mol. The van der Waals surface area contributed by atoms with Crippen LogP contribution in [0.1, 0.15) is 37.8 Å². The number of aryl methyl sites for hydroxylation is 2. The second kappa shape index (κ2) is 8.04. The molecule has 26 heavy (non-hydrogen) atoms. The molecule has 0 saturated heterocycles. The van der Waals surface area contributed by atoms with E-state index in [9.17, 15) is 9.59 Å². The van der Waals surface area contributed by atoms with Crippen LogP contribution in [-0.2, 0) is 22.4 Å². The van der Waals surface area contributed by atoms with Crippen LogP contribution in [-0.4, -0.2) is 17.9 Å². The molecule has 0 heterocycles. The van der Waals surface area contributed by atoms with E-state index < -0.39 is 6.10 Å². The molecule has 2 aromatic rings. The van der Waals surface area contributed by atoms with Crippen LogP contribution < -0.4 is 15.4 Å². The van der Waals surface area contributed by atoms with Gasteiger partial charge < -0.3 is 15.4 Å². The first-order valence-corrected chi connectivity index (χ1v) is 8.98. The molecule has 0 aliphatic heterocycles. The van der Waals surface area contributed by atoms with Crippen molar-refractivity contribution in [3.63, 3.8) is 0 Å². The molecule has 136 valence electrons. The third-order valence-corrected chi connectivity index (χ3v) is 4.45. The lowest BCUT2D eigenvalue weighted by Crippen LogP contribution is -2.30. The lowest BCUT2D eigenvalue weighted by atomic mass is 9.92. The van der Waals surface area contributed by atoms with Crippen LogP contribution in [0.15, 0.2) is 42.5 Å². The SMILES string of the molecule is CC(=O)Nc1cccc(NC(=O)[C@H](C)Oc2ccc3c(c2)CCCC3)c1. The maximum Gasteiger partial charge on any atom is 0.265 e. The van der Waals surface area contributed by atoms with Crippen molar-refractivity contribution in [3.8, 4) is 5.75 Å². The molecule has 2 amide bonds. The Morgan fingerprint density at radius 1 is 0.962 bits per heavy atom. The summed E-state index contributed by atoms with van der Waals surface area (Å²) in [5, 5.41) is 5.52. The Morgan fingerprint density at radius 2 is 1.65 bits per heavy atom. The van der Waals surface area contributed by atoms with Crippen molar-refractivity contribution in [2.75, 3.05) is 10.6 Å². The summed E-state index contributed by atoms with van der Waals surface area (Å²) in [5.41, 5.74) is 3.96. The van der Waals surface area contributed by atoms with E-state index in [-0.39, 0.29) is 11.8 Å². The molecule has 1 aliphatic carbocycles. The second-order valence-electron chi connectivity index (χ2n) is 6.65. The number of anilines is 2. The van der Waals surface area contributed by atoms with Gasteiger partial charge in [0.05, 0.1) is 0 Å². The maximum absolute atomic E-state index is 12.4. The predicted octanol–water partition coefficient (Wildman–Crippen LogP) is 3.93. The van der Waals surface area contributed by atoms with Gasteiger partial charge in [0.2, 0.25) is 5.91 Å². The molecule has 5 heteroatoms. The minimum absolute atomic E-state index is 0.155. The van der Waals surface area contributed by atoms with Crippen molar-refractivity contribution in [2.24, 2.45) is 0 Å². The van der Waals surface area contributed by atoms with Gasteiger partial charge >= 0.3 is 0 Å². The van der Waals surface area contributed by atoms with E-state index in [0.29, 0.717) is 11.4 Å². The molecule has 0 fully saturated rings. The van der Waals surface area contributed by atoms with Crippen molar-refractivity contribution in [1.29, 1.82) is 0 Å². The molecule has 1 atom stereocenters. The van der Waals surface area contributed by atoms with Gasteiger partial charge in [0.15, 0.2) is 6.10 Å². The summed E-state index contributed by atoms with van der Waals surface area (Å²) in [6.45, 7) is 3.17. The topological polar surface area (TPSA) is 67.4 Å². The lowest BCUT2D eigenvalue weighted by Gasteiger charge is -2.19. The highest BCUT2D eigenvalue weighted by atomic mass is 16.5. The first-order valence-electron chi connectivity index (χ1n) is 8.98. The smallest absolute Gasteiger partial charge is 0.265 e. The van der Waals surface area contributed by atoms with Gasteiger partial charge in [0.1, 0.15) is 5.75 Å². The van der Waals surface area contributed by atoms with Crippen LogP contribution in [0.4, 0.5) is 11.4 Å². The van der Waals surface area contributed by atoms with Gasteiger partial charge in [-0.2, -0.15) is 0 Å². The lowest BCUT2D eigenvalue weighted by molar-refractivity contribution is -0.122. The first-order chi connectivity index (χ1) is 12.5. The predicted molar refractivity (Wildman–Crippen MR) is 103 cm³/mol. The van der Waals surface area contributed by atoms with Crippen LogP contribution >= 0.6 is 0 Å². The van der Waals surface area contributed by atoms with E-state index in [4.69, 9.17) is 4.74 Å². The molecule has 2 N–H and O–H groups in total. The van der Waals surface area contributed by atoms with Crippen molar-refractivity contribution >= 4 is 23.2 Å². The fourth-order valence-corrected chi connectivity index (χ4v) is 3.16. The zero-order valence-electron chi connectivity index (χ0n) is 15.2. The summed E-state index contributed by atoms with van der Waals surface area (Å²) >= 11 is 0. The maximum atomic E-state index is 12.4. The number of fused-ring (bicyclic) bond motifs is 1. The Hall–Kier alpha value is -2.82. The average Bonchev–Trinajstić information content (AvgIpc) is 2.61. The minimum atomic E-state index is -0.624. The zero-order valence-corrected chi connectivity index (χ0v) is 15.2. The number of hydrogen-bond acceptors (Lipinski definition) is 3. The molecule has 0 unspecified atom stereocenters. The molecule has 2 aromatic carbocycles. The minimum Gasteiger partial charge on any atom is -0.481 e. The van der Waals surface area contributed by atoms with Gasteiger partial charge in [-0.1, -0.05) is 12.1 Å². The number of benzene rings is 2. The number of rotatable bonds is 5. The van der Waals surface area contributed by atoms with Gasteiger partial charge in [-0.05, 0) is 74.1 Å². The van der Waals surface area contributed by atoms with Gasteiger partial charge in [-0.3, -0.25) is 9.59 Å². The van der Waals surface area contributed by atoms with Crippen LogP contribution in [0.2, 0.25) is 0 Å². The number of hydrogen-bond donors (Lipinski definition) is 2. The van der Waals surface area contributed by atoms with Crippen molar-refractivity contribution in [1.82, 2.24) is 0 Å². The fraction of sp³-hybridized carbons (Fsp3) is 0.333. The normalized spacial score (nSPS) is 14.1. The van der Waals surface area contributed by atoms with Gasteiger partial charge in [-0.15, -0.1) is 0 Å². The van der Waals surface area contributed by atoms with Crippen molar-refractivity contribution in [2.45, 2.75) is 45.6 Å². The summed E-state index contributed by atoms with van der Waals surface area (Å²) in [6.07, 6.45) is 4.01. The molecule has 0 radical (unpaired) electrons. The Morgan fingerprint density at radius 3 is 2.38 bits per heavy atom. The average molecular weight is 352 g/mol. The molecule has 1 aliphatic rings. The summed E-state index contributed by atoms with van der Waals surface area (Å²) in [7, 11) is 0. The molecule has 0 saturated carbocycles. The third kappa shape index (κ3) is 4.63. The van der Waals surface area contributed by atoms with Gasteiger partial charge in [0, 0.05) is 18.3 Å². The van der Waals surface area contributed by atoms with E-state index in [2.05, 4.69) is 22.8 Å². The van der Waals surface area contributed by atoms with E-state index >= 15 is 0 Å². The van der Waals surface area contributed by atoms with E-state index in [1.165, 1.54) is 30.9 Å². The number of nitrogens with one attached hydrogen (secondary N) is 2. The highest BCUT2D eigenvalue weighted by molar-refractivity contribution is 5.95. The number of carbonyl (C=O) groups is 2. The molecule has 5 nitrogen and oxygen atoms in total. The van der Waals surface area contributed by atoms with E-state index in [1.807, 2.05) is 6.07 Å². The number of amides is 2. The molecular weight excluding hydrogens is 328 g/mol. The molecule has 0 bridgehead atoms. The largest absolute Gasteiger partial charge is 0.481 e. The molecule has 0 aromatic heterocycles. The van der Waals surface area contributed by atoms with Crippen LogP contribution in [0.5, 0.6) is 5.75 Å². The second-order valence-corrected chi connectivity index (χ2v) is 6.65. The Balaban J connectivity index is 1.62. The number of ether oxygens (including phenoxy) is 1. The molecule has 0 spiro atoms. The Kier molecular flexibility index (Phi) is 5.56. The zero-order chi connectivity index (χ0) is 18.5. The number of carbonyl (C=O) groups excluding carboxylic acids is 2. The van der Waals surface area contributed by atoms with Crippen molar-refractivity contribution in [3.05, 3.63) is 53.6 Å². The van der Waals surface area contributed by atoms with Crippen LogP contribution in [0.25, 0.3) is 0 Å². The van der Waals surface area contributed by atoms with Crippen LogP contribution in [0.3, 0.4) is 0 Å². The summed E-state index contributed by atoms with van der Waals surface area (Å²) in [5.74, 6) is 0.334. The van der Waals surface area contributed by atoms with E-state index in [0.717, 1.165) is 18.6 Å². The van der Waals surface area contributed by atoms with Gasteiger partial charge in [-0.25, -0.2) is 0 Å². The van der Waals surface area contributed by atoms with Gasteiger partial charge in [0.25, 0.3) is 5.91 Å². The standard InChI is InChI=1S/C21H24N2O3/c1-14(26-20-11-10-16-6-3-4-7-17(16)12-20)21(25)23-19-9-5-8-18(13-19)22-15(2)24/h5,8-14H,3-4,6-7H2,1-2H3,(H,22,24)(H,23,25)/t14-/m0/s1. The van der Waals surface area contributed by atoms with E-state index in [1.54, 1.807) is 31.2 Å². The molecular formula is C21H24N2O3. The fourth-order valence-electron chi connectivity index (χ4n) is 3.16. The summed E-state index contributed by atoms with van der Waals surface area (Å²) < 4.78 is 5.83. The van der Waals surface area contributed by atoms with Crippen LogP contribution in [0, 0.1) is 0 Å². The summed E-state index contributed by atoms with van der Waals surface area (Å²) in [6, 6.07) is 13.1. The highest BCUT2D eigenvalue weighted by Crippen LogP contribution is 2.26. The molecule has 3 rings (SSSR count). The van der Waals surface area contributed by atoms with Crippen molar-refractivity contribution < 1.29 is 14.3 Å². The quantitative estimate of drug-likeness (QED) is 0.857. The Labute approximate surface area is 153 Å². The first kappa shape index (κ1) is 18.0. The summed E-state index contributed by atoms with van der Waals surface area (Å²) in [4.78, 5) is 23.6. The third-order valence-electron chi connectivity index (χ3n) is 4.45. The Bertz CT molecular complexity index is 817.